The van der Waals surface area contributed by atoms with Gasteiger partial charge in [-0.15, -0.1) is 0 Å². The van der Waals surface area contributed by atoms with E-state index in [9.17, 15) is 4.79 Å². The molecule has 1 unspecified atom stereocenters. The Balaban J connectivity index is 1.43. The van der Waals surface area contributed by atoms with Crippen LogP contribution >= 0.6 is 0 Å². The molecule has 1 N–H and O–H groups in total. The molecule has 0 spiro atoms. The van der Waals surface area contributed by atoms with Crippen LogP contribution < -0.4 is 5.32 Å². The van der Waals surface area contributed by atoms with Gasteiger partial charge in [0.2, 0.25) is 0 Å². The Kier molecular flexibility index (Phi) is 6.06. The number of likely N-dealkylation sites (tertiary alicyclic amines) is 1. The molecule has 4 rings (SSSR count). The van der Waals surface area contributed by atoms with Gasteiger partial charge >= 0.3 is 0 Å². The second-order valence-corrected chi connectivity index (χ2v) is 7.68. The van der Waals surface area contributed by atoms with Crippen LogP contribution in [0.1, 0.15) is 41.4 Å². The molecule has 5 nitrogen and oxygen atoms in total. The van der Waals surface area contributed by atoms with E-state index >= 15 is 0 Å². The topological polar surface area (TPSA) is 50.2 Å². The molecule has 1 amide bonds. The van der Waals surface area contributed by atoms with Crippen molar-refractivity contribution in [3.05, 3.63) is 83.7 Å². The summed E-state index contributed by atoms with van der Waals surface area (Å²) in [5.41, 5.74) is 3.98. The summed E-state index contributed by atoms with van der Waals surface area (Å²) in [5.74, 6) is -0.0119. The van der Waals surface area contributed by atoms with E-state index < -0.39 is 0 Å². The fourth-order valence-electron chi connectivity index (χ4n) is 4.03. The Hall–Kier alpha value is -2.92. The number of rotatable bonds is 7. The Morgan fingerprint density at radius 3 is 2.55 bits per heavy atom. The predicted octanol–water partition coefficient (Wildman–Crippen LogP) is 3.83. The number of nitrogens with one attached hydrogen (secondary N) is 1. The van der Waals surface area contributed by atoms with Crippen LogP contribution in [0.2, 0.25) is 0 Å². The molecule has 1 aliphatic heterocycles. The van der Waals surface area contributed by atoms with Gasteiger partial charge in [-0.3, -0.25) is 9.69 Å². The van der Waals surface area contributed by atoms with E-state index in [1.807, 2.05) is 41.1 Å². The molecule has 0 aliphatic carbocycles. The number of carbonyl (C=O) groups excluding carboxylic acids is 1. The third-order valence-corrected chi connectivity index (χ3v) is 5.46. The van der Waals surface area contributed by atoms with Gasteiger partial charge in [0.15, 0.2) is 0 Å². The maximum Gasteiger partial charge on any atom is 0.255 e. The molecular weight excluding hydrogens is 360 g/mol. The number of carbonyl (C=O) groups is 1. The van der Waals surface area contributed by atoms with E-state index in [-0.39, 0.29) is 11.9 Å². The molecule has 0 bridgehead atoms. The number of amides is 1. The minimum Gasteiger partial charge on any atom is -0.348 e. The van der Waals surface area contributed by atoms with Gasteiger partial charge in [-0.2, -0.15) is 5.10 Å². The highest BCUT2D eigenvalue weighted by Gasteiger charge is 2.26. The SMILES string of the molecule is CCCc1c(C(=O)NC2CCN(Cc3ccccc3)C2)cnn1-c1ccccc1. The lowest BCUT2D eigenvalue weighted by molar-refractivity contribution is 0.0936. The van der Waals surface area contributed by atoms with Crippen molar-refractivity contribution in [1.29, 1.82) is 0 Å². The molecule has 1 saturated heterocycles. The first-order chi connectivity index (χ1) is 14.2. The maximum absolute atomic E-state index is 13.0. The molecular formula is C24H28N4O. The molecule has 1 aromatic heterocycles. The van der Waals surface area contributed by atoms with Gasteiger partial charge in [-0.1, -0.05) is 61.9 Å². The van der Waals surface area contributed by atoms with Gasteiger partial charge in [0.25, 0.3) is 5.91 Å². The smallest absolute Gasteiger partial charge is 0.255 e. The van der Waals surface area contributed by atoms with Gasteiger partial charge in [0, 0.05) is 25.7 Å². The average molecular weight is 389 g/mol. The van der Waals surface area contributed by atoms with Gasteiger partial charge in [0.05, 0.1) is 23.1 Å². The van der Waals surface area contributed by atoms with E-state index in [0.717, 1.165) is 50.3 Å². The van der Waals surface area contributed by atoms with Crippen LogP contribution in [0.5, 0.6) is 0 Å². The summed E-state index contributed by atoms with van der Waals surface area (Å²) in [6.45, 7) is 4.95. The van der Waals surface area contributed by atoms with E-state index in [0.29, 0.717) is 5.56 Å². The van der Waals surface area contributed by atoms with Crippen molar-refractivity contribution >= 4 is 5.91 Å². The Bertz CT molecular complexity index is 936. The summed E-state index contributed by atoms with van der Waals surface area (Å²) in [5, 5.41) is 7.76. The highest BCUT2D eigenvalue weighted by atomic mass is 16.1. The number of nitrogens with zero attached hydrogens (tertiary/aromatic N) is 3. The van der Waals surface area contributed by atoms with Crippen LogP contribution in [-0.2, 0) is 13.0 Å². The first kappa shape index (κ1) is 19.4. The molecule has 0 radical (unpaired) electrons. The van der Waals surface area contributed by atoms with E-state index in [1.54, 1.807) is 6.20 Å². The monoisotopic (exact) mass is 388 g/mol. The normalized spacial score (nSPS) is 16.8. The minimum absolute atomic E-state index is 0.0119. The molecule has 1 atom stereocenters. The van der Waals surface area contributed by atoms with Gasteiger partial charge in [0.1, 0.15) is 0 Å². The molecule has 1 fully saturated rings. The van der Waals surface area contributed by atoms with Crippen molar-refractivity contribution in [3.8, 4) is 5.69 Å². The Morgan fingerprint density at radius 2 is 1.83 bits per heavy atom. The summed E-state index contributed by atoms with van der Waals surface area (Å²) >= 11 is 0. The van der Waals surface area contributed by atoms with Gasteiger partial charge in [-0.05, 0) is 30.5 Å². The van der Waals surface area contributed by atoms with Crippen molar-refractivity contribution in [1.82, 2.24) is 20.0 Å². The van der Waals surface area contributed by atoms with E-state index in [2.05, 4.69) is 46.5 Å². The molecule has 2 aromatic carbocycles. The summed E-state index contributed by atoms with van der Waals surface area (Å²) < 4.78 is 1.90. The lowest BCUT2D eigenvalue weighted by atomic mass is 10.1. The van der Waals surface area contributed by atoms with Crippen LogP contribution in [0.15, 0.2) is 66.9 Å². The first-order valence-corrected chi connectivity index (χ1v) is 10.4. The summed E-state index contributed by atoms with van der Waals surface area (Å²) in [6.07, 6.45) is 4.48. The van der Waals surface area contributed by atoms with Crippen LogP contribution in [0.25, 0.3) is 5.69 Å². The number of hydrogen-bond acceptors (Lipinski definition) is 3. The maximum atomic E-state index is 13.0. The second-order valence-electron chi connectivity index (χ2n) is 7.68. The largest absolute Gasteiger partial charge is 0.348 e. The zero-order chi connectivity index (χ0) is 20.1. The van der Waals surface area contributed by atoms with E-state index in [1.165, 1.54) is 5.56 Å². The first-order valence-electron chi connectivity index (χ1n) is 10.4. The summed E-state index contributed by atoms with van der Waals surface area (Å²) in [4.78, 5) is 15.4. The van der Waals surface area contributed by atoms with Gasteiger partial charge in [-0.25, -0.2) is 4.68 Å². The van der Waals surface area contributed by atoms with Crippen LogP contribution in [-0.4, -0.2) is 39.7 Å². The van der Waals surface area contributed by atoms with Crippen molar-refractivity contribution in [2.75, 3.05) is 13.1 Å². The molecule has 3 aromatic rings. The van der Waals surface area contributed by atoms with E-state index in [4.69, 9.17) is 0 Å². The molecule has 0 saturated carbocycles. The minimum atomic E-state index is -0.0119. The highest BCUT2D eigenvalue weighted by molar-refractivity contribution is 5.95. The predicted molar refractivity (Wildman–Crippen MR) is 115 cm³/mol. The third kappa shape index (κ3) is 4.57. The molecule has 150 valence electrons. The van der Waals surface area contributed by atoms with Crippen molar-refractivity contribution < 1.29 is 4.79 Å². The number of benzene rings is 2. The fraction of sp³-hybridized carbons (Fsp3) is 0.333. The lowest BCUT2D eigenvalue weighted by Gasteiger charge is -2.17. The molecule has 2 heterocycles. The van der Waals surface area contributed by atoms with Gasteiger partial charge < -0.3 is 5.32 Å². The van der Waals surface area contributed by atoms with Crippen molar-refractivity contribution in [2.24, 2.45) is 0 Å². The van der Waals surface area contributed by atoms with Crippen molar-refractivity contribution in [3.63, 3.8) is 0 Å². The molecule has 1 aliphatic rings. The standard InChI is InChI=1S/C24H28N4O/c1-2-9-23-22(16-25-28(23)21-12-7-4-8-13-21)24(29)26-20-14-15-27(18-20)17-19-10-5-3-6-11-19/h3-8,10-13,16,20H,2,9,14-15,17-18H2,1H3,(H,26,29). The average Bonchev–Trinajstić information content (AvgIpc) is 3.37. The van der Waals surface area contributed by atoms with Crippen LogP contribution in [0, 0.1) is 0 Å². The van der Waals surface area contributed by atoms with Crippen LogP contribution in [0.4, 0.5) is 0 Å². The highest BCUT2D eigenvalue weighted by Crippen LogP contribution is 2.18. The number of para-hydroxylation sites is 1. The Labute approximate surface area is 172 Å². The summed E-state index contributed by atoms with van der Waals surface area (Å²) in [7, 11) is 0. The van der Waals surface area contributed by atoms with Crippen molar-refractivity contribution in [2.45, 2.75) is 38.8 Å². The zero-order valence-electron chi connectivity index (χ0n) is 16.9. The Morgan fingerprint density at radius 1 is 1.10 bits per heavy atom. The second kappa shape index (κ2) is 9.05. The molecule has 29 heavy (non-hydrogen) atoms. The molecule has 5 heteroatoms. The third-order valence-electron chi connectivity index (χ3n) is 5.46. The fourth-order valence-corrected chi connectivity index (χ4v) is 4.03. The quantitative estimate of drug-likeness (QED) is 0.669. The van der Waals surface area contributed by atoms with Crippen LogP contribution in [0.3, 0.4) is 0 Å². The zero-order valence-corrected chi connectivity index (χ0v) is 16.9. The summed E-state index contributed by atoms with van der Waals surface area (Å²) in [6, 6.07) is 20.7. The lowest BCUT2D eigenvalue weighted by Crippen LogP contribution is -2.37. The number of hydrogen-bond donors (Lipinski definition) is 1. The number of aromatic nitrogens is 2.